The molecule has 3 aliphatic heterocycles. The van der Waals surface area contributed by atoms with Crippen LogP contribution in [0.2, 0.25) is 0 Å². The molecule has 0 spiro atoms. The van der Waals surface area contributed by atoms with E-state index in [4.69, 9.17) is 24.4 Å². The first-order valence-corrected chi connectivity index (χ1v) is 13.7. The molecule has 206 valence electrons. The minimum absolute atomic E-state index is 0.135. The number of nitrogens with one attached hydrogen (secondary N) is 1. The quantitative estimate of drug-likeness (QED) is 0.399. The summed E-state index contributed by atoms with van der Waals surface area (Å²) in [5.74, 6) is -0.564. The summed E-state index contributed by atoms with van der Waals surface area (Å²) < 4.78 is 42.0. The molecule has 3 saturated heterocycles. The van der Waals surface area contributed by atoms with Crippen molar-refractivity contribution >= 4 is 28.0 Å². The number of alkyl halides is 2. The molecule has 0 unspecified atom stereocenters. The van der Waals surface area contributed by atoms with Gasteiger partial charge in [0.05, 0.1) is 30.8 Å². The first-order chi connectivity index (χ1) is 18.9. The zero-order chi connectivity index (χ0) is 26.6. The summed E-state index contributed by atoms with van der Waals surface area (Å²) in [4.78, 5) is 26.6. The Morgan fingerprint density at radius 3 is 2.46 bits per heavy atom. The third-order valence-electron chi connectivity index (χ3n) is 8.12. The van der Waals surface area contributed by atoms with Gasteiger partial charge in [0.2, 0.25) is 5.95 Å². The Morgan fingerprint density at radius 2 is 1.69 bits per heavy atom. The fourth-order valence-electron chi connectivity index (χ4n) is 6.06. The van der Waals surface area contributed by atoms with Crippen LogP contribution in [0.4, 0.5) is 14.6 Å². The number of ether oxygens (including phenoxy) is 2. The first kappa shape index (κ1) is 24.8. The second-order valence-electron chi connectivity index (χ2n) is 10.9. The number of aromatic nitrogens is 6. The molecule has 3 aromatic heterocycles. The molecule has 4 aromatic rings. The summed E-state index contributed by atoms with van der Waals surface area (Å²) in [5.41, 5.74) is 2.16. The van der Waals surface area contributed by atoms with Gasteiger partial charge in [-0.2, -0.15) is 18.7 Å². The van der Waals surface area contributed by atoms with Crippen molar-refractivity contribution in [1.29, 1.82) is 0 Å². The molecule has 0 radical (unpaired) electrons. The highest BCUT2D eigenvalue weighted by Crippen LogP contribution is 2.34. The van der Waals surface area contributed by atoms with Gasteiger partial charge in [0.25, 0.3) is 0 Å². The summed E-state index contributed by atoms with van der Waals surface area (Å²) in [5, 5.41) is 0. The third kappa shape index (κ3) is 4.64. The van der Waals surface area contributed by atoms with Crippen LogP contribution >= 0.6 is 0 Å². The van der Waals surface area contributed by atoms with Gasteiger partial charge in [-0.3, -0.25) is 9.47 Å². The number of anilines is 1. The molecule has 1 N–H and O–H groups in total. The maximum absolute atomic E-state index is 14.8. The Morgan fingerprint density at radius 1 is 0.949 bits per heavy atom. The Kier molecular flexibility index (Phi) is 6.20. The standard InChI is InChI=1S/C27H32F2N8O2/c1-27(28,29)25-30-19-4-2-3-5-20(19)37(25)26-33-23-22(24(34-26)36-8-12-39-13-9-36)31-21(32-23)16-35-14-18(15-35)17-6-10-38-11-7-17/h2-5,17-18H,6-16H2,1H3,(H,31,32,33,34). The fraction of sp³-hybridized carbons (Fsp3) is 0.556. The number of hydrogen-bond donors (Lipinski definition) is 1. The van der Waals surface area contributed by atoms with Crippen LogP contribution in [0, 0.1) is 11.8 Å². The number of benzene rings is 1. The molecule has 0 amide bonds. The summed E-state index contributed by atoms with van der Waals surface area (Å²) in [6, 6.07) is 7.06. The van der Waals surface area contributed by atoms with E-state index < -0.39 is 11.7 Å². The lowest BCUT2D eigenvalue weighted by Gasteiger charge is -2.44. The number of imidazole rings is 2. The van der Waals surface area contributed by atoms with Gasteiger partial charge < -0.3 is 19.4 Å². The number of nitrogens with zero attached hydrogens (tertiary/aromatic N) is 7. The van der Waals surface area contributed by atoms with Crippen LogP contribution < -0.4 is 4.90 Å². The Bertz CT molecular complexity index is 1480. The zero-order valence-corrected chi connectivity index (χ0v) is 21.9. The van der Waals surface area contributed by atoms with Gasteiger partial charge in [-0.05, 0) is 36.8 Å². The van der Waals surface area contributed by atoms with E-state index in [2.05, 4.69) is 19.8 Å². The van der Waals surface area contributed by atoms with Crippen LogP contribution in [0.3, 0.4) is 0 Å². The summed E-state index contributed by atoms with van der Waals surface area (Å²) in [6.07, 6.45) is 2.29. The molecule has 12 heteroatoms. The number of hydrogen-bond acceptors (Lipinski definition) is 8. The van der Waals surface area contributed by atoms with Crippen LogP contribution in [0.1, 0.15) is 31.4 Å². The van der Waals surface area contributed by atoms with Gasteiger partial charge in [0.1, 0.15) is 11.3 Å². The van der Waals surface area contributed by atoms with Crippen molar-refractivity contribution in [1.82, 2.24) is 34.4 Å². The molecule has 0 saturated carbocycles. The Hall–Kier alpha value is -3.22. The predicted molar refractivity (Wildman–Crippen MR) is 141 cm³/mol. The molecule has 1 aromatic carbocycles. The lowest BCUT2D eigenvalue weighted by Crippen LogP contribution is -2.50. The lowest BCUT2D eigenvalue weighted by atomic mass is 9.81. The van der Waals surface area contributed by atoms with Crippen molar-refractivity contribution in [2.75, 3.05) is 57.5 Å². The van der Waals surface area contributed by atoms with Crippen LogP contribution in [0.25, 0.3) is 28.1 Å². The second-order valence-corrected chi connectivity index (χ2v) is 10.9. The van der Waals surface area contributed by atoms with E-state index in [1.807, 2.05) is 0 Å². The molecule has 6 heterocycles. The molecule has 0 atom stereocenters. The van der Waals surface area contributed by atoms with E-state index in [0.717, 1.165) is 57.8 Å². The Labute approximate surface area is 224 Å². The molecule has 39 heavy (non-hydrogen) atoms. The topological polar surface area (TPSA) is 97.2 Å². The summed E-state index contributed by atoms with van der Waals surface area (Å²) >= 11 is 0. The number of fused-ring (bicyclic) bond motifs is 2. The Balaban J connectivity index is 1.26. The molecule has 10 nitrogen and oxygen atoms in total. The van der Waals surface area contributed by atoms with E-state index >= 15 is 0 Å². The number of H-pyrrole nitrogens is 1. The molecule has 3 fully saturated rings. The second kappa shape index (κ2) is 9.76. The minimum atomic E-state index is -3.19. The van der Waals surface area contributed by atoms with Crippen LogP contribution in [-0.4, -0.2) is 87.0 Å². The molecule has 3 aliphatic rings. The van der Waals surface area contributed by atoms with E-state index in [-0.39, 0.29) is 5.95 Å². The van der Waals surface area contributed by atoms with Crippen LogP contribution in [0.15, 0.2) is 24.3 Å². The SMILES string of the molecule is CC(F)(F)c1nc2ccccc2n1-c1nc(N2CCOCC2)c2[nH]c(CN3CC(C4CCOCC4)C3)nc2n1. The minimum Gasteiger partial charge on any atom is -0.381 e. The monoisotopic (exact) mass is 538 g/mol. The van der Waals surface area contributed by atoms with Crippen molar-refractivity contribution in [3.63, 3.8) is 0 Å². The van der Waals surface area contributed by atoms with Crippen molar-refractivity contribution in [2.45, 2.75) is 32.2 Å². The average Bonchev–Trinajstić information content (AvgIpc) is 3.52. The van der Waals surface area contributed by atoms with Gasteiger partial charge in [0, 0.05) is 46.3 Å². The van der Waals surface area contributed by atoms with Crippen molar-refractivity contribution < 1.29 is 18.3 Å². The van der Waals surface area contributed by atoms with Crippen molar-refractivity contribution in [3.05, 3.63) is 35.9 Å². The molecular weight excluding hydrogens is 506 g/mol. The predicted octanol–water partition coefficient (Wildman–Crippen LogP) is 3.50. The summed E-state index contributed by atoms with van der Waals surface area (Å²) in [6.45, 7) is 7.77. The normalized spacial score (nSPS) is 20.2. The van der Waals surface area contributed by atoms with Gasteiger partial charge in [-0.25, -0.2) is 9.97 Å². The van der Waals surface area contributed by atoms with E-state index in [0.29, 0.717) is 66.8 Å². The molecule has 0 bridgehead atoms. The number of halogens is 2. The number of para-hydroxylation sites is 2. The van der Waals surface area contributed by atoms with E-state index in [1.165, 1.54) is 4.57 Å². The lowest BCUT2D eigenvalue weighted by molar-refractivity contribution is -0.0112. The third-order valence-corrected chi connectivity index (χ3v) is 8.12. The van der Waals surface area contributed by atoms with Crippen molar-refractivity contribution in [3.8, 4) is 5.95 Å². The maximum atomic E-state index is 14.8. The molecule has 7 rings (SSSR count). The number of morpholine rings is 1. The number of aromatic amines is 1. The largest absolute Gasteiger partial charge is 0.381 e. The summed E-state index contributed by atoms with van der Waals surface area (Å²) in [7, 11) is 0. The van der Waals surface area contributed by atoms with Gasteiger partial charge in [-0.1, -0.05) is 12.1 Å². The van der Waals surface area contributed by atoms with Crippen molar-refractivity contribution in [2.24, 2.45) is 11.8 Å². The molecule has 0 aliphatic carbocycles. The van der Waals surface area contributed by atoms with Crippen LogP contribution in [-0.2, 0) is 21.9 Å². The van der Waals surface area contributed by atoms with E-state index in [9.17, 15) is 8.78 Å². The first-order valence-electron chi connectivity index (χ1n) is 13.7. The highest BCUT2D eigenvalue weighted by Gasteiger charge is 2.36. The number of likely N-dealkylation sites (tertiary alicyclic amines) is 1. The van der Waals surface area contributed by atoms with E-state index in [1.54, 1.807) is 24.3 Å². The van der Waals surface area contributed by atoms with Gasteiger partial charge in [-0.15, -0.1) is 0 Å². The fourth-order valence-corrected chi connectivity index (χ4v) is 6.06. The van der Waals surface area contributed by atoms with Crippen LogP contribution in [0.5, 0.6) is 0 Å². The number of rotatable bonds is 6. The highest BCUT2D eigenvalue weighted by molar-refractivity contribution is 5.85. The molecular formula is C27H32F2N8O2. The van der Waals surface area contributed by atoms with Gasteiger partial charge in [0.15, 0.2) is 17.3 Å². The average molecular weight is 539 g/mol. The van der Waals surface area contributed by atoms with Gasteiger partial charge >= 0.3 is 5.92 Å². The smallest absolute Gasteiger partial charge is 0.302 e. The zero-order valence-electron chi connectivity index (χ0n) is 21.9. The highest BCUT2D eigenvalue weighted by atomic mass is 19.3. The maximum Gasteiger partial charge on any atom is 0.302 e.